The lowest BCUT2D eigenvalue weighted by Gasteiger charge is -2.29. The van der Waals surface area contributed by atoms with Crippen LogP contribution in [0.3, 0.4) is 0 Å². The molecule has 0 saturated heterocycles. The molecule has 2 N–H and O–H groups in total. The van der Waals surface area contributed by atoms with Crippen molar-refractivity contribution in [1.82, 2.24) is 9.88 Å². The number of hydrogen-bond acceptors (Lipinski definition) is 5. The number of anilines is 1. The van der Waals surface area contributed by atoms with Crippen molar-refractivity contribution in [1.29, 1.82) is 0 Å². The highest BCUT2D eigenvalue weighted by Gasteiger charge is 2.28. The Bertz CT molecular complexity index is 734. The monoisotopic (exact) mass is 331 g/mol. The molecule has 0 unspecified atom stereocenters. The molecule has 0 fully saturated rings. The lowest BCUT2D eigenvalue weighted by molar-refractivity contribution is 0.0225. The molecule has 1 aliphatic heterocycles. The molecule has 0 saturated carbocycles. The summed E-state index contributed by atoms with van der Waals surface area (Å²) in [6.07, 6.45) is 0.481. The molecule has 0 aliphatic carbocycles. The quantitative estimate of drug-likeness (QED) is 0.809. The molecule has 23 heavy (non-hydrogen) atoms. The van der Waals surface area contributed by atoms with Crippen LogP contribution in [0.1, 0.15) is 31.3 Å². The number of carbonyl (C=O) groups is 1. The molecule has 1 aromatic carbocycles. The highest BCUT2D eigenvalue weighted by Crippen LogP contribution is 2.34. The third-order valence-electron chi connectivity index (χ3n) is 3.57. The summed E-state index contributed by atoms with van der Waals surface area (Å²) in [6.45, 7) is 6.82. The molecule has 5 nitrogen and oxygen atoms in total. The summed E-state index contributed by atoms with van der Waals surface area (Å²) in [5.74, 6) is 0. The first-order chi connectivity index (χ1) is 10.8. The van der Waals surface area contributed by atoms with Crippen molar-refractivity contribution in [3.8, 4) is 10.6 Å². The van der Waals surface area contributed by atoms with Crippen molar-refractivity contribution < 1.29 is 9.53 Å². The van der Waals surface area contributed by atoms with Gasteiger partial charge in [-0.25, -0.2) is 9.78 Å². The standard InChI is InChI=1S/C17H21N3O2S/c1-17(2,3)22-16(21)20-9-8-13-14(10-20)23-15(19-13)11-6-4-5-7-12(11)18/h4-7H,8-10,18H2,1-3H3. The molecule has 0 atom stereocenters. The Morgan fingerprint density at radius 2 is 2.09 bits per heavy atom. The van der Waals surface area contributed by atoms with Gasteiger partial charge >= 0.3 is 6.09 Å². The molecule has 122 valence electrons. The smallest absolute Gasteiger partial charge is 0.410 e. The highest BCUT2D eigenvalue weighted by atomic mass is 32.1. The maximum atomic E-state index is 12.2. The average molecular weight is 331 g/mol. The fraction of sp³-hybridized carbons (Fsp3) is 0.412. The Labute approximate surface area is 140 Å². The maximum absolute atomic E-state index is 12.2. The lowest BCUT2D eigenvalue weighted by Crippen LogP contribution is -2.39. The van der Waals surface area contributed by atoms with Gasteiger partial charge in [0.2, 0.25) is 0 Å². The van der Waals surface area contributed by atoms with Crippen LogP contribution >= 0.6 is 11.3 Å². The van der Waals surface area contributed by atoms with E-state index in [1.54, 1.807) is 16.2 Å². The number of hydrogen-bond donors (Lipinski definition) is 1. The predicted molar refractivity (Wildman–Crippen MR) is 92.3 cm³/mol. The van der Waals surface area contributed by atoms with Crippen molar-refractivity contribution in [3.63, 3.8) is 0 Å². The van der Waals surface area contributed by atoms with E-state index >= 15 is 0 Å². The average Bonchev–Trinajstić information content (AvgIpc) is 2.88. The van der Waals surface area contributed by atoms with E-state index in [0.717, 1.165) is 33.3 Å². The van der Waals surface area contributed by atoms with Gasteiger partial charge in [0.1, 0.15) is 10.6 Å². The zero-order valence-electron chi connectivity index (χ0n) is 13.6. The van der Waals surface area contributed by atoms with Gasteiger partial charge in [0, 0.05) is 29.1 Å². The summed E-state index contributed by atoms with van der Waals surface area (Å²) in [5.41, 5.74) is 8.30. The van der Waals surface area contributed by atoms with Crippen molar-refractivity contribution >= 4 is 23.1 Å². The van der Waals surface area contributed by atoms with Gasteiger partial charge in [0.05, 0.1) is 12.2 Å². The maximum Gasteiger partial charge on any atom is 0.410 e. The van der Waals surface area contributed by atoms with Crippen LogP contribution < -0.4 is 5.73 Å². The number of ether oxygens (including phenoxy) is 1. The molecule has 1 amide bonds. The van der Waals surface area contributed by atoms with Gasteiger partial charge in [0.15, 0.2) is 0 Å². The van der Waals surface area contributed by atoms with E-state index in [2.05, 4.69) is 0 Å². The minimum Gasteiger partial charge on any atom is -0.444 e. The second kappa shape index (κ2) is 5.85. The van der Waals surface area contributed by atoms with Gasteiger partial charge in [-0.2, -0.15) is 0 Å². The molecular formula is C17H21N3O2S. The summed E-state index contributed by atoms with van der Waals surface area (Å²) in [7, 11) is 0. The number of fused-ring (bicyclic) bond motifs is 1. The van der Waals surface area contributed by atoms with Crippen LogP contribution in [0.4, 0.5) is 10.5 Å². The molecule has 0 radical (unpaired) electrons. The van der Waals surface area contributed by atoms with E-state index in [0.29, 0.717) is 13.1 Å². The molecule has 1 aliphatic rings. The fourth-order valence-electron chi connectivity index (χ4n) is 2.48. The molecule has 1 aromatic heterocycles. The van der Waals surface area contributed by atoms with Crippen LogP contribution in [0, 0.1) is 0 Å². The summed E-state index contributed by atoms with van der Waals surface area (Å²) in [5, 5.41) is 0.916. The van der Waals surface area contributed by atoms with Gasteiger partial charge in [-0.3, -0.25) is 0 Å². The zero-order chi connectivity index (χ0) is 16.6. The Balaban J connectivity index is 1.80. The molecule has 2 aromatic rings. The van der Waals surface area contributed by atoms with Gasteiger partial charge in [-0.15, -0.1) is 11.3 Å². The minimum absolute atomic E-state index is 0.266. The topological polar surface area (TPSA) is 68.5 Å². The number of thiazole rings is 1. The second-order valence-corrected chi connectivity index (χ2v) is 7.71. The molecule has 2 heterocycles. The summed E-state index contributed by atoms with van der Waals surface area (Å²) < 4.78 is 5.45. The second-order valence-electron chi connectivity index (χ2n) is 6.63. The van der Waals surface area contributed by atoms with Crippen LogP contribution in [-0.2, 0) is 17.7 Å². The number of nitrogens with zero attached hydrogens (tertiary/aromatic N) is 2. The van der Waals surface area contributed by atoms with Gasteiger partial charge in [-0.05, 0) is 32.9 Å². The first-order valence-corrected chi connectivity index (χ1v) is 8.46. The van der Waals surface area contributed by atoms with E-state index < -0.39 is 5.60 Å². The summed E-state index contributed by atoms with van der Waals surface area (Å²) in [4.78, 5) is 19.8. The Hall–Kier alpha value is -2.08. The van der Waals surface area contributed by atoms with E-state index in [9.17, 15) is 4.79 Å². The highest BCUT2D eigenvalue weighted by molar-refractivity contribution is 7.15. The number of nitrogens with two attached hydrogens (primary N) is 1. The summed E-state index contributed by atoms with van der Waals surface area (Å²) >= 11 is 1.60. The van der Waals surface area contributed by atoms with Gasteiger partial charge in [-0.1, -0.05) is 12.1 Å². The van der Waals surface area contributed by atoms with Crippen molar-refractivity contribution in [2.45, 2.75) is 39.3 Å². The van der Waals surface area contributed by atoms with Gasteiger partial charge < -0.3 is 15.4 Å². The van der Waals surface area contributed by atoms with Crippen LogP contribution in [0.15, 0.2) is 24.3 Å². The first kappa shape index (κ1) is 15.8. The Morgan fingerprint density at radius 1 is 1.35 bits per heavy atom. The largest absolute Gasteiger partial charge is 0.444 e. The number of rotatable bonds is 1. The number of amides is 1. The van der Waals surface area contributed by atoms with Gasteiger partial charge in [0.25, 0.3) is 0 Å². The molecular weight excluding hydrogens is 310 g/mol. The van der Waals surface area contributed by atoms with E-state index in [4.69, 9.17) is 15.5 Å². The molecule has 3 rings (SSSR count). The molecule has 6 heteroatoms. The zero-order valence-corrected chi connectivity index (χ0v) is 14.4. The van der Waals surface area contributed by atoms with E-state index in [1.165, 1.54) is 0 Å². The third kappa shape index (κ3) is 3.47. The fourth-order valence-corrected chi connectivity index (χ4v) is 3.66. The minimum atomic E-state index is -0.477. The van der Waals surface area contributed by atoms with Crippen LogP contribution in [0.25, 0.3) is 10.6 Å². The third-order valence-corrected chi connectivity index (χ3v) is 4.69. The number of aromatic nitrogens is 1. The van der Waals surface area contributed by atoms with Crippen molar-refractivity contribution in [3.05, 3.63) is 34.8 Å². The number of carbonyl (C=O) groups excluding carboxylic acids is 1. The number of nitrogen functional groups attached to an aromatic ring is 1. The Morgan fingerprint density at radius 3 is 2.78 bits per heavy atom. The Kier molecular flexibility index (Phi) is 4.02. The van der Waals surface area contributed by atoms with Crippen molar-refractivity contribution in [2.24, 2.45) is 0 Å². The van der Waals surface area contributed by atoms with Crippen LogP contribution in [-0.4, -0.2) is 28.1 Å². The SMILES string of the molecule is CC(C)(C)OC(=O)N1CCc2nc(-c3ccccc3N)sc2C1. The number of benzene rings is 1. The van der Waals surface area contributed by atoms with Crippen LogP contribution in [0.5, 0.6) is 0 Å². The normalized spacial score (nSPS) is 14.5. The molecule has 0 spiro atoms. The predicted octanol–water partition coefficient (Wildman–Crippen LogP) is 3.69. The van der Waals surface area contributed by atoms with E-state index in [1.807, 2.05) is 45.0 Å². The lowest BCUT2D eigenvalue weighted by atomic mass is 10.1. The number of para-hydroxylation sites is 1. The van der Waals surface area contributed by atoms with Crippen molar-refractivity contribution in [2.75, 3.05) is 12.3 Å². The van der Waals surface area contributed by atoms with E-state index in [-0.39, 0.29) is 6.09 Å². The first-order valence-electron chi connectivity index (χ1n) is 7.65. The summed E-state index contributed by atoms with van der Waals surface area (Å²) in [6, 6.07) is 7.73. The van der Waals surface area contributed by atoms with Crippen LogP contribution in [0.2, 0.25) is 0 Å². The molecule has 0 bridgehead atoms.